The average molecular weight is 701 g/mol. The zero-order chi connectivity index (χ0) is 36.9. The molecule has 0 N–H and O–H groups in total. The van der Waals surface area contributed by atoms with E-state index in [1.807, 2.05) is 6.07 Å². The van der Waals surface area contributed by atoms with E-state index in [1.54, 1.807) is 0 Å². The van der Waals surface area contributed by atoms with Crippen LogP contribution < -0.4 is 4.90 Å². The molecule has 8 aromatic carbocycles. The Morgan fingerprint density at radius 1 is 0.400 bits per heavy atom. The number of nitrogens with zero attached hydrogens (tertiary/aromatic N) is 2. The van der Waals surface area contributed by atoms with Gasteiger partial charge in [0, 0.05) is 22.4 Å². The van der Waals surface area contributed by atoms with Crippen LogP contribution >= 0.6 is 0 Å². The van der Waals surface area contributed by atoms with Crippen LogP contribution in [-0.4, -0.2) is 0 Å². The third-order valence-electron chi connectivity index (χ3n) is 12.5. The fraction of sp³-hybridized carbons (Fsp3) is 0.0755. The van der Waals surface area contributed by atoms with E-state index >= 15 is 0 Å². The normalized spacial score (nSPS) is 16.0. The molecule has 0 radical (unpaired) electrons. The summed E-state index contributed by atoms with van der Waals surface area (Å²) in [6.07, 6.45) is 0. The first kappa shape index (κ1) is 31.6. The third kappa shape index (κ3) is 4.24. The topological polar surface area (TPSA) is 7.60 Å². The van der Waals surface area contributed by atoms with Gasteiger partial charge in [-0.05, 0) is 103 Å². The summed E-state index contributed by atoms with van der Waals surface area (Å²) in [6.45, 7) is 12.7. The molecule has 0 saturated carbocycles. The Kier molecular flexibility index (Phi) is 6.61. The van der Waals surface area contributed by atoms with Crippen molar-refractivity contribution in [3.63, 3.8) is 0 Å². The van der Waals surface area contributed by atoms with Crippen LogP contribution in [0.25, 0.3) is 49.4 Å². The Morgan fingerprint density at radius 2 is 0.855 bits per heavy atom. The molecule has 0 amide bonds. The summed E-state index contributed by atoms with van der Waals surface area (Å²) < 4.78 is 0. The van der Waals surface area contributed by atoms with Crippen molar-refractivity contribution >= 4 is 22.7 Å². The Morgan fingerprint density at radius 3 is 1.49 bits per heavy atom. The summed E-state index contributed by atoms with van der Waals surface area (Å²) in [7, 11) is 0. The number of anilines is 3. The molecular formula is C53H36N2. The molecule has 0 aromatic heterocycles. The van der Waals surface area contributed by atoms with Crippen molar-refractivity contribution in [2.45, 2.75) is 24.7 Å². The minimum atomic E-state index is -0.569. The lowest BCUT2D eigenvalue weighted by Crippen LogP contribution is -2.26. The lowest BCUT2D eigenvalue weighted by Gasteiger charge is -2.33. The van der Waals surface area contributed by atoms with Crippen molar-refractivity contribution in [2.24, 2.45) is 0 Å². The van der Waals surface area contributed by atoms with E-state index in [4.69, 9.17) is 6.57 Å². The molecule has 258 valence electrons. The third-order valence-corrected chi connectivity index (χ3v) is 12.5. The highest BCUT2D eigenvalue weighted by atomic mass is 15.1. The summed E-state index contributed by atoms with van der Waals surface area (Å²) >= 11 is 0. The van der Waals surface area contributed by atoms with E-state index < -0.39 is 5.41 Å². The molecule has 0 fully saturated rings. The summed E-state index contributed by atoms with van der Waals surface area (Å²) in [5, 5.41) is 0. The lowest BCUT2D eigenvalue weighted by atomic mass is 9.70. The molecule has 1 spiro atoms. The lowest BCUT2D eigenvalue weighted by molar-refractivity contribution is 0.660. The fourth-order valence-corrected chi connectivity index (χ4v) is 10.1. The maximum atomic E-state index is 8.03. The second-order valence-electron chi connectivity index (χ2n) is 15.5. The highest BCUT2D eigenvalue weighted by molar-refractivity contribution is 5.98. The average Bonchev–Trinajstić information content (AvgIpc) is 3.79. The van der Waals surface area contributed by atoms with Crippen LogP contribution in [0.5, 0.6) is 0 Å². The minimum Gasteiger partial charge on any atom is -0.310 e. The van der Waals surface area contributed by atoms with Crippen molar-refractivity contribution in [2.75, 3.05) is 4.90 Å². The van der Waals surface area contributed by atoms with Gasteiger partial charge in [-0.1, -0.05) is 166 Å². The second kappa shape index (κ2) is 11.5. The summed E-state index contributed by atoms with van der Waals surface area (Å²) in [6, 6.07) is 66.5. The number of fused-ring (bicyclic) bond motifs is 13. The Balaban J connectivity index is 1.20. The van der Waals surface area contributed by atoms with E-state index in [-0.39, 0.29) is 5.41 Å². The fourth-order valence-electron chi connectivity index (χ4n) is 10.1. The Bertz CT molecular complexity index is 2910. The molecule has 11 rings (SSSR count). The van der Waals surface area contributed by atoms with Gasteiger partial charge in [0.25, 0.3) is 0 Å². The molecule has 3 aliphatic carbocycles. The maximum Gasteiger partial charge on any atom is 0.187 e. The van der Waals surface area contributed by atoms with E-state index in [0.29, 0.717) is 5.69 Å². The molecule has 0 aliphatic heterocycles. The van der Waals surface area contributed by atoms with E-state index in [9.17, 15) is 0 Å². The minimum absolute atomic E-state index is 0.145. The molecule has 2 heteroatoms. The number of benzene rings is 8. The van der Waals surface area contributed by atoms with Crippen molar-refractivity contribution < 1.29 is 0 Å². The molecule has 55 heavy (non-hydrogen) atoms. The number of para-hydroxylation sites is 1. The summed E-state index contributed by atoms with van der Waals surface area (Å²) in [5.41, 5.74) is 20.8. The first-order valence-corrected chi connectivity index (χ1v) is 19.1. The highest BCUT2D eigenvalue weighted by Crippen LogP contribution is 2.64. The number of hydrogen-bond donors (Lipinski definition) is 0. The molecule has 0 saturated heterocycles. The number of hydrogen-bond acceptors (Lipinski definition) is 1. The Hall–Kier alpha value is -6.95. The van der Waals surface area contributed by atoms with Crippen molar-refractivity contribution in [3.8, 4) is 44.5 Å². The Labute approximate surface area is 322 Å². The predicted molar refractivity (Wildman–Crippen MR) is 227 cm³/mol. The van der Waals surface area contributed by atoms with Gasteiger partial charge >= 0.3 is 0 Å². The van der Waals surface area contributed by atoms with Gasteiger partial charge in [-0.25, -0.2) is 4.85 Å². The molecule has 1 atom stereocenters. The van der Waals surface area contributed by atoms with Gasteiger partial charge in [0.2, 0.25) is 0 Å². The van der Waals surface area contributed by atoms with E-state index in [0.717, 1.165) is 17.1 Å². The van der Waals surface area contributed by atoms with Gasteiger partial charge in [-0.3, -0.25) is 0 Å². The van der Waals surface area contributed by atoms with Crippen LogP contribution in [0.15, 0.2) is 182 Å². The van der Waals surface area contributed by atoms with E-state index in [1.165, 1.54) is 77.9 Å². The summed E-state index contributed by atoms with van der Waals surface area (Å²) in [4.78, 5) is 6.41. The molecule has 1 unspecified atom stereocenters. The van der Waals surface area contributed by atoms with Gasteiger partial charge in [-0.15, -0.1) is 0 Å². The van der Waals surface area contributed by atoms with Crippen molar-refractivity contribution in [1.82, 2.24) is 0 Å². The summed E-state index contributed by atoms with van der Waals surface area (Å²) in [5.74, 6) is 0. The first-order valence-electron chi connectivity index (χ1n) is 19.1. The van der Waals surface area contributed by atoms with Crippen LogP contribution in [0.3, 0.4) is 0 Å². The highest BCUT2D eigenvalue weighted by Gasteiger charge is 2.51. The zero-order valence-electron chi connectivity index (χ0n) is 30.7. The number of rotatable bonds is 4. The standard InChI is InChI=1S/C53H36N2/c1-52(2)45-21-11-7-18-39(45)42-29-26-36(32-48(42)52)55(51-24-14-10-17-38(51)34-15-5-4-6-16-34)37-27-30-44-41-20-9-13-23-47(41)53(50(44)33-37)46-22-12-8-19-40(46)43-28-25-35(54-3)31-49(43)53/h4-33H,1-2H3. The molecule has 0 heterocycles. The second-order valence-corrected chi connectivity index (χ2v) is 15.5. The van der Waals surface area contributed by atoms with Crippen molar-refractivity contribution in [1.29, 1.82) is 0 Å². The zero-order valence-corrected chi connectivity index (χ0v) is 30.7. The van der Waals surface area contributed by atoms with E-state index in [2.05, 4.69) is 200 Å². The van der Waals surface area contributed by atoms with Crippen LogP contribution in [0, 0.1) is 6.57 Å². The van der Waals surface area contributed by atoms with Gasteiger partial charge in [0.05, 0.1) is 17.7 Å². The van der Waals surface area contributed by atoms with Crippen LogP contribution in [-0.2, 0) is 10.8 Å². The predicted octanol–water partition coefficient (Wildman–Crippen LogP) is 14.0. The van der Waals surface area contributed by atoms with Gasteiger partial charge in [0.15, 0.2) is 5.69 Å². The molecule has 0 bridgehead atoms. The smallest absolute Gasteiger partial charge is 0.187 e. The molecule has 2 nitrogen and oxygen atoms in total. The van der Waals surface area contributed by atoms with Gasteiger partial charge in [0.1, 0.15) is 0 Å². The maximum absolute atomic E-state index is 8.03. The van der Waals surface area contributed by atoms with Crippen LogP contribution in [0.4, 0.5) is 22.7 Å². The SMILES string of the molecule is [C-]#[N+]c1ccc2c(c1)C1(c3ccccc3-2)c2ccccc2-c2ccc(N(c3ccc4c(c3)C(C)(C)c3ccccc3-4)c3ccccc3-c3ccccc3)cc21. The van der Waals surface area contributed by atoms with Gasteiger partial charge < -0.3 is 4.90 Å². The quantitative estimate of drug-likeness (QED) is 0.166. The molecule has 3 aliphatic rings. The van der Waals surface area contributed by atoms with Crippen LogP contribution in [0.1, 0.15) is 47.2 Å². The molecule has 8 aromatic rings. The monoisotopic (exact) mass is 700 g/mol. The largest absolute Gasteiger partial charge is 0.310 e. The van der Waals surface area contributed by atoms with Crippen molar-refractivity contribution in [3.05, 3.63) is 227 Å². The molecular weight excluding hydrogens is 665 g/mol. The van der Waals surface area contributed by atoms with Crippen LogP contribution in [0.2, 0.25) is 0 Å². The van der Waals surface area contributed by atoms with Gasteiger partial charge in [-0.2, -0.15) is 0 Å². The first-order chi connectivity index (χ1) is 27.0.